The standard InChI is InChI=1S/C16H29NO3/c1-5-6-9-19-14-10-12-7-8-13(11-14)17(12)15(18)20-16(2,3)4/h12-14H,5-11H2,1-4H3/t12-,13+,14?. The zero-order chi connectivity index (χ0) is 14.8. The first-order valence-electron chi connectivity index (χ1n) is 8.03. The molecule has 2 aliphatic heterocycles. The first-order valence-corrected chi connectivity index (χ1v) is 8.03. The van der Waals surface area contributed by atoms with E-state index in [2.05, 4.69) is 6.92 Å². The van der Waals surface area contributed by atoms with Crippen molar-refractivity contribution in [1.82, 2.24) is 4.90 Å². The smallest absolute Gasteiger partial charge is 0.410 e. The highest BCUT2D eigenvalue weighted by molar-refractivity contribution is 5.69. The van der Waals surface area contributed by atoms with E-state index in [1.807, 2.05) is 25.7 Å². The maximum absolute atomic E-state index is 12.3. The van der Waals surface area contributed by atoms with Gasteiger partial charge in [0, 0.05) is 18.7 Å². The lowest BCUT2D eigenvalue weighted by molar-refractivity contribution is -0.0348. The number of nitrogens with zero attached hydrogens (tertiary/aromatic N) is 1. The Hall–Kier alpha value is -0.770. The van der Waals surface area contributed by atoms with Crippen molar-refractivity contribution in [3.8, 4) is 0 Å². The van der Waals surface area contributed by atoms with Crippen LogP contribution in [0.1, 0.15) is 66.2 Å². The van der Waals surface area contributed by atoms with E-state index in [1.165, 1.54) is 6.42 Å². The molecule has 2 heterocycles. The van der Waals surface area contributed by atoms with E-state index in [1.54, 1.807) is 0 Å². The first-order chi connectivity index (χ1) is 9.40. The molecule has 0 spiro atoms. The van der Waals surface area contributed by atoms with Crippen LogP contribution >= 0.6 is 0 Å². The molecule has 0 radical (unpaired) electrons. The van der Waals surface area contributed by atoms with Crippen LogP contribution in [0.2, 0.25) is 0 Å². The van der Waals surface area contributed by atoms with Crippen LogP contribution in [0.3, 0.4) is 0 Å². The molecule has 2 aliphatic rings. The van der Waals surface area contributed by atoms with Crippen molar-refractivity contribution < 1.29 is 14.3 Å². The molecule has 1 unspecified atom stereocenters. The van der Waals surface area contributed by atoms with Crippen LogP contribution in [-0.4, -0.2) is 41.4 Å². The number of carbonyl (C=O) groups excluding carboxylic acids is 1. The molecular weight excluding hydrogens is 254 g/mol. The monoisotopic (exact) mass is 283 g/mol. The Bertz CT molecular complexity index is 323. The number of amides is 1. The van der Waals surface area contributed by atoms with Gasteiger partial charge in [-0.3, -0.25) is 0 Å². The third-order valence-corrected chi connectivity index (χ3v) is 4.15. The third kappa shape index (κ3) is 3.87. The van der Waals surface area contributed by atoms with Crippen LogP contribution in [0, 0.1) is 0 Å². The Labute approximate surface area is 122 Å². The molecule has 2 saturated heterocycles. The van der Waals surface area contributed by atoms with Crippen molar-refractivity contribution in [2.24, 2.45) is 0 Å². The molecule has 3 atom stereocenters. The summed E-state index contributed by atoms with van der Waals surface area (Å²) in [6.45, 7) is 8.81. The van der Waals surface area contributed by atoms with Gasteiger partial charge in [-0.2, -0.15) is 0 Å². The topological polar surface area (TPSA) is 38.8 Å². The number of unbranched alkanes of at least 4 members (excludes halogenated alkanes) is 1. The van der Waals surface area contributed by atoms with Gasteiger partial charge in [0.1, 0.15) is 5.60 Å². The third-order valence-electron chi connectivity index (χ3n) is 4.15. The summed E-state index contributed by atoms with van der Waals surface area (Å²) in [6, 6.07) is 0.630. The molecule has 4 nitrogen and oxygen atoms in total. The molecule has 2 bridgehead atoms. The number of hydrogen-bond donors (Lipinski definition) is 0. The summed E-state index contributed by atoms with van der Waals surface area (Å²) in [4.78, 5) is 14.3. The van der Waals surface area contributed by atoms with Gasteiger partial charge in [0.25, 0.3) is 0 Å². The number of fused-ring (bicyclic) bond motifs is 2. The van der Waals surface area contributed by atoms with Crippen LogP contribution in [0.15, 0.2) is 0 Å². The molecule has 0 saturated carbocycles. The van der Waals surface area contributed by atoms with E-state index in [0.717, 1.165) is 38.7 Å². The van der Waals surface area contributed by atoms with Gasteiger partial charge >= 0.3 is 6.09 Å². The Morgan fingerprint density at radius 3 is 2.30 bits per heavy atom. The number of rotatable bonds is 4. The van der Waals surface area contributed by atoms with Crippen molar-refractivity contribution >= 4 is 6.09 Å². The van der Waals surface area contributed by atoms with Crippen LogP contribution in [0.25, 0.3) is 0 Å². The van der Waals surface area contributed by atoms with Gasteiger partial charge in [0.2, 0.25) is 0 Å². The molecule has 20 heavy (non-hydrogen) atoms. The Morgan fingerprint density at radius 1 is 1.20 bits per heavy atom. The summed E-state index contributed by atoms with van der Waals surface area (Å²) in [7, 11) is 0. The van der Waals surface area contributed by atoms with Crippen molar-refractivity contribution in [3.63, 3.8) is 0 Å². The van der Waals surface area contributed by atoms with Crippen LogP contribution in [0.4, 0.5) is 4.79 Å². The van der Waals surface area contributed by atoms with Gasteiger partial charge in [0.05, 0.1) is 6.10 Å². The van der Waals surface area contributed by atoms with E-state index < -0.39 is 5.60 Å². The van der Waals surface area contributed by atoms with Gasteiger partial charge in [-0.25, -0.2) is 4.79 Å². The highest BCUT2D eigenvalue weighted by atomic mass is 16.6. The van der Waals surface area contributed by atoms with Crippen molar-refractivity contribution in [3.05, 3.63) is 0 Å². The summed E-state index contributed by atoms with van der Waals surface area (Å²) in [5.41, 5.74) is -0.412. The largest absolute Gasteiger partial charge is 0.444 e. The fourth-order valence-electron chi connectivity index (χ4n) is 3.27. The van der Waals surface area contributed by atoms with E-state index in [9.17, 15) is 4.79 Å². The predicted molar refractivity (Wildman–Crippen MR) is 78.8 cm³/mol. The number of piperidine rings is 1. The lowest BCUT2D eigenvalue weighted by Gasteiger charge is -2.39. The molecule has 0 aromatic heterocycles. The SMILES string of the molecule is CCCCOC1C[C@H]2CC[C@@H](C1)N2C(=O)OC(C)(C)C. The van der Waals surface area contributed by atoms with Crippen LogP contribution in [0.5, 0.6) is 0 Å². The number of ether oxygens (including phenoxy) is 2. The summed E-state index contributed by atoms with van der Waals surface area (Å²) in [5.74, 6) is 0. The van der Waals surface area contributed by atoms with Crippen molar-refractivity contribution in [1.29, 1.82) is 0 Å². The molecule has 0 N–H and O–H groups in total. The number of hydrogen-bond acceptors (Lipinski definition) is 3. The van der Waals surface area contributed by atoms with Gasteiger partial charge in [0.15, 0.2) is 0 Å². The van der Waals surface area contributed by atoms with Gasteiger partial charge < -0.3 is 14.4 Å². The minimum Gasteiger partial charge on any atom is -0.444 e. The highest BCUT2D eigenvalue weighted by Gasteiger charge is 2.45. The molecule has 2 rings (SSSR count). The minimum atomic E-state index is -0.412. The van der Waals surface area contributed by atoms with Crippen molar-refractivity contribution in [2.75, 3.05) is 6.61 Å². The van der Waals surface area contributed by atoms with E-state index in [0.29, 0.717) is 18.2 Å². The average Bonchev–Trinajstić information content (AvgIpc) is 2.60. The van der Waals surface area contributed by atoms with Gasteiger partial charge in [-0.15, -0.1) is 0 Å². The molecule has 0 aromatic carbocycles. The second-order valence-electron chi connectivity index (χ2n) is 7.09. The van der Waals surface area contributed by atoms with E-state index in [4.69, 9.17) is 9.47 Å². The lowest BCUT2D eigenvalue weighted by Crippen LogP contribution is -2.50. The maximum atomic E-state index is 12.3. The van der Waals surface area contributed by atoms with Crippen LogP contribution < -0.4 is 0 Å². The second kappa shape index (κ2) is 6.33. The van der Waals surface area contributed by atoms with Crippen molar-refractivity contribution in [2.45, 2.75) is 90.0 Å². The Kier molecular flexibility index (Phi) is 4.95. The summed E-state index contributed by atoms with van der Waals surface area (Å²) >= 11 is 0. The number of carbonyl (C=O) groups is 1. The van der Waals surface area contributed by atoms with Gasteiger partial charge in [-0.1, -0.05) is 13.3 Å². The summed E-state index contributed by atoms with van der Waals surface area (Å²) < 4.78 is 11.5. The first kappa shape index (κ1) is 15.6. The molecule has 4 heteroatoms. The summed E-state index contributed by atoms with van der Waals surface area (Å²) in [6.07, 6.45) is 6.62. The maximum Gasteiger partial charge on any atom is 0.410 e. The normalized spacial score (nSPS) is 29.6. The molecule has 0 aromatic rings. The zero-order valence-electron chi connectivity index (χ0n) is 13.4. The zero-order valence-corrected chi connectivity index (χ0v) is 13.4. The Balaban J connectivity index is 1.88. The fourth-order valence-corrected chi connectivity index (χ4v) is 3.27. The summed E-state index contributed by atoms with van der Waals surface area (Å²) in [5, 5.41) is 0. The highest BCUT2D eigenvalue weighted by Crippen LogP contribution is 2.37. The average molecular weight is 283 g/mol. The predicted octanol–water partition coefficient (Wildman–Crippen LogP) is 3.73. The van der Waals surface area contributed by atoms with E-state index in [-0.39, 0.29) is 6.09 Å². The molecular formula is C16H29NO3. The Morgan fingerprint density at radius 2 is 1.80 bits per heavy atom. The van der Waals surface area contributed by atoms with E-state index >= 15 is 0 Å². The molecule has 116 valence electrons. The van der Waals surface area contributed by atoms with Crippen LogP contribution in [-0.2, 0) is 9.47 Å². The molecule has 1 amide bonds. The molecule has 2 fully saturated rings. The minimum absolute atomic E-state index is 0.142. The van der Waals surface area contributed by atoms with Gasteiger partial charge in [-0.05, 0) is 52.9 Å². The fraction of sp³-hybridized carbons (Fsp3) is 0.938. The molecule has 0 aliphatic carbocycles. The second-order valence-corrected chi connectivity index (χ2v) is 7.09. The quantitative estimate of drug-likeness (QED) is 0.738. The lowest BCUT2D eigenvalue weighted by atomic mass is 10.00.